The van der Waals surface area contributed by atoms with Gasteiger partial charge in [0.05, 0.1) is 13.7 Å². The third kappa shape index (κ3) is 5.65. The van der Waals surface area contributed by atoms with E-state index in [0.717, 1.165) is 29.1 Å². The SMILES string of the molecule is COc1ccc(SCCCOc2ccc(F)cc2)c(-c2cccc(Cl)c2)c1. The minimum atomic E-state index is -0.258. The molecule has 5 heteroatoms. The average molecular weight is 403 g/mol. The predicted molar refractivity (Wildman–Crippen MR) is 111 cm³/mol. The minimum absolute atomic E-state index is 0.258. The van der Waals surface area contributed by atoms with E-state index in [9.17, 15) is 4.39 Å². The molecule has 0 aromatic heterocycles. The zero-order valence-corrected chi connectivity index (χ0v) is 16.5. The van der Waals surface area contributed by atoms with Crippen molar-refractivity contribution in [2.75, 3.05) is 19.5 Å². The summed E-state index contributed by atoms with van der Waals surface area (Å²) in [7, 11) is 1.66. The van der Waals surface area contributed by atoms with Gasteiger partial charge in [-0.05, 0) is 72.1 Å². The molecule has 3 aromatic carbocycles. The summed E-state index contributed by atoms with van der Waals surface area (Å²) in [4.78, 5) is 1.17. The Morgan fingerprint density at radius 1 is 0.963 bits per heavy atom. The lowest BCUT2D eigenvalue weighted by atomic mass is 10.1. The lowest BCUT2D eigenvalue weighted by Gasteiger charge is -2.12. The summed E-state index contributed by atoms with van der Waals surface area (Å²) in [6.45, 7) is 0.585. The van der Waals surface area contributed by atoms with E-state index in [4.69, 9.17) is 21.1 Å². The molecule has 0 spiro atoms. The molecule has 2 nitrogen and oxygen atoms in total. The second-order valence-corrected chi connectivity index (χ2v) is 7.45. The number of hydrogen-bond acceptors (Lipinski definition) is 3. The Kier molecular flexibility index (Phi) is 7.02. The van der Waals surface area contributed by atoms with Gasteiger partial charge in [-0.3, -0.25) is 0 Å². The van der Waals surface area contributed by atoms with Crippen molar-refractivity contribution in [1.29, 1.82) is 0 Å². The van der Waals surface area contributed by atoms with Gasteiger partial charge in [0, 0.05) is 15.7 Å². The average Bonchev–Trinajstić information content (AvgIpc) is 2.69. The Bertz CT molecular complexity index is 884. The molecule has 0 radical (unpaired) electrons. The number of methoxy groups -OCH3 is 1. The second kappa shape index (κ2) is 9.67. The molecule has 0 atom stereocenters. The van der Waals surface area contributed by atoms with Gasteiger partial charge in [-0.2, -0.15) is 0 Å². The van der Waals surface area contributed by atoms with Crippen molar-refractivity contribution in [3.05, 3.63) is 77.6 Å². The molecule has 0 amide bonds. The number of halogens is 2. The molecule has 0 aliphatic carbocycles. The van der Waals surface area contributed by atoms with Crippen LogP contribution in [0.3, 0.4) is 0 Å². The highest BCUT2D eigenvalue weighted by Crippen LogP contribution is 2.35. The summed E-state index contributed by atoms with van der Waals surface area (Å²) in [6.07, 6.45) is 0.878. The molecule has 0 bridgehead atoms. The largest absolute Gasteiger partial charge is 0.497 e. The Balaban J connectivity index is 1.61. The summed E-state index contributed by atoms with van der Waals surface area (Å²) in [5, 5.41) is 0.707. The van der Waals surface area contributed by atoms with Crippen molar-refractivity contribution in [3.63, 3.8) is 0 Å². The van der Waals surface area contributed by atoms with E-state index in [1.807, 2.05) is 36.4 Å². The first-order valence-electron chi connectivity index (χ1n) is 8.61. The number of ether oxygens (including phenoxy) is 2. The highest BCUT2D eigenvalue weighted by molar-refractivity contribution is 7.99. The number of benzene rings is 3. The first-order valence-corrected chi connectivity index (χ1v) is 9.97. The van der Waals surface area contributed by atoms with Crippen molar-refractivity contribution >= 4 is 23.4 Å². The molecule has 3 aromatic rings. The normalized spacial score (nSPS) is 10.6. The quantitative estimate of drug-likeness (QED) is 0.308. The van der Waals surface area contributed by atoms with Gasteiger partial charge in [-0.1, -0.05) is 23.7 Å². The molecular formula is C22H20ClFO2S. The zero-order valence-electron chi connectivity index (χ0n) is 15.0. The molecule has 0 saturated heterocycles. The minimum Gasteiger partial charge on any atom is -0.497 e. The van der Waals surface area contributed by atoms with E-state index in [2.05, 4.69) is 6.07 Å². The number of hydrogen-bond donors (Lipinski definition) is 0. The highest BCUT2D eigenvalue weighted by Gasteiger charge is 2.08. The van der Waals surface area contributed by atoms with E-state index >= 15 is 0 Å². The van der Waals surface area contributed by atoms with Crippen molar-refractivity contribution in [2.24, 2.45) is 0 Å². The molecule has 0 saturated carbocycles. The Morgan fingerprint density at radius 3 is 2.48 bits per heavy atom. The van der Waals surface area contributed by atoms with E-state index in [-0.39, 0.29) is 5.82 Å². The molecular weight excluding hydrogens is 383 g/mol. The van der Waals surface area contributed by atoms with Crippen LogP contribution < -0.4 is 9.47 Å². The second-order valence-electron chi connectivity index (χ2n) is 5.88. The monoisotopic (exact) mass is 402 g/mol. The maximum atomic E-state index is 12.9. The number of thioether (sulfide) groups is 1. The summed E-state index contributed by atoms with van der Waals surface area (Å²) < 4.78 is 23.9. The molecule has 27 heavy (non-hydrogen) atoms. The van der Waals surface area contributed by atoms with Crippen LogP contribution in [0.5, 0.6) is 11.5 Å². The lowest BCUT2D eigenvalue weighted by Crippen LogP contribution is -1.99. The van der Waals surface area contributed by atoms with Gasteiger partial charge in [-0.15, -0.1) is 11.8 Å². The van der Waals surface area contributed by atoms with Gasteiger partial charge in [0.25, 0.3) is 0 Å². The fourth-order valence-corrected chi connectivity index (χ4v) is 3.77. The third-order valence-corrected chi connectivity index (χ3v) is 5.35. The molecule has 3 rings (SSSR count). The molecule has 0 aliphatic rings. The zero-order chi connectivity index (χ0) is 19.1. The molecule has 0 N–H and O–H groups in total. The van der Waals surface area contributed by atoms with Crippen LogP contribution in [-0.4, -0.2) is 19.5 Å². The van der Waals surface area contributed by atoms with Crippen molar-refractivity contribution in [2.45, 2.75) is 11.3 Å². The first-order chi connectivity index (χ1) is 13.2. The molecule has 0 aliphatic heterocycles. The van der Waals surface area contributed by atoms with Gasteiger partial charge in [-0.25, -0.2) is 4.39 Å². The standard InChI is InChI=1S/C22H20ClFO2S/c1-25-20-10-11-22(21(15-20)16-4-2-5-17(23)14-16)27-13-3-12-26-19-8-6-18(24)7-9-19/h2,4-11,14-15H,3,12-13H2,1H3. The van der Waals surface area contributed by atoms with Gasteiger partial charge < -0.3 is 9.47 Å². The third-order valence-electron chi connectivity index (χ3n) is 3.95. The van der Waals surface area contributed by atoms with Crippen molar-refractivity contribution in [3.8, 4) is 22.6 Å². The summed E-state index contributed by atoms with van der Waals surface area (Å²) in [6, 6.07) is 20.0. The van der Waals surface area contributed by atoms with Crippen LogP contribution >= 0.6 is 23.4 Å². The van der Waals surface area contributed by atoms with Crippen LogP contribution in [0.4, 0.5) is 4.39 Å². The van der Waals surface area contributed by atoms with Crippen molar-refractivity contribution in [1.82, 2.24) is 0 Å². The van der Waals surface area contributed by atoms with Crippen LogP contribution in [0.25, 0.3) is 11.1 Å². The highest BCUT2D eigenvalue weighted by atomic mass is 35.5. The number of rotatable bonds is 8. The van der Waals surface area contributed by atoms with E-state index < -0.39 is 0 Å². The first kappa shape index (κ1) is 19.6. The van der Waals surface area contributed by atoms with Crippen LogP contribution in [0.1, 0.15) is 6.42 Å². The van der Waals surface area contributed by atoms with Crippen LogP contribution in [0.15, 0.2) is 71.6 Å². The van der Waals surface area contributed by atoms with E-state index in [1.165, 1.54) is 17.0 Å². The Morgan fingerprint density at radius 2 is 1.74 bits per heavy atom. The van der Waals surface area contributed by atoms with E-state index in [1.54, 1.807) is 31.0 Å². The molecule has 0 unspecified atom stereocenters. The summed E-state index contributed by atoms with van der Waals surface area (Å²) in [5.41, 5.74) is 2.16. The molecule has 0 fully saturated rings. The maximum absolute atomic E-state index is 12.9. The van der Waals surface area contributed by atoms with Crippen molar-refractivity contribution < 1.29 is 13.9 Å². The summed E-state index contributed by atoms with van der Waals surface area (Å²) in [5.74, 6) is 2.14. The van der Waals surface area contributed by atoms with Gasteiger partial charge in [0.2, 0.25) is 0 Å². The summed E-state index contributed by atoms with van der Waals surface area (Å²) >= 11 is 7.92. The van der Waals surface area contributed by atoms with Gasteiger partial charge >= 0.3 is 0 Å². The van der Waals surface area contributed by atoms with Crippen LogP contribution in [0.2, 0.25) is 5.02 Å². The van der Waals surface area contributed by atoms with Gasteiger partial charge in [0.1, 0.15) is 17.3 Å². The van der Waals surface area contributed by atoms with Crippen LogP contribution in [0, 0.1) is 5.82 Å². The smallest absolute Gasteiger partial charge is 0.123 e. The topological polar surface area (TPSA) is 18.5 Å². The van der Waals surface area contributed by atoms with Crippen LogP contribution in [-0.2, 0) is 0 Å². The Labute approximate surface area is 168 Å². The predicted octanol–water partition coefficient (Wildman–Crippen LogP) is 6.72. The fraction of sp³-hybridized carbons (Fsp3) is 0.182. The fourth-order valence-electron chi connectivity index (χ4n) is 2.61. The lowest BCUT2D eigenvalue weighted by molar-refractivity contribution is 0.318. The maximum Gasteiger partial charge on any atom is 0.123 e. The van der Waals surface area contributed by atoms with Gasteiger partial charge in [0.15, 0.2) is 0 Å². The molecule has 140 valence electrons. The molecule has 0 heterocycles. The van der Waals surface area contributed by atoms with E-state index in [0.29, 0.717) is 17.4 Å². The Hall–Kier alpha value is -2.17.